The lowest BCUT2D eigenvalue weighted by molar-refractivity contribution is -0.128. The number of hydrogen-bond donors (Lipinski definition) is 1. The normalized spacial score (nSPS) is 11.0. The first-order chi connectivity index (χ1) is 8.71. The van der Waals surface area contributed by atoms with E-state index in [-0.39, 0.29) is 11.8 Å². The molecule has 4 heteroatoms. The zero-order chi connectivity index (χ0) is 14.6. The Morgan fingerprint density at radius 2 is 1.79 bits per heavy atom. The van der Waals surface area contributed by atoms with Crippen LogP contribution in [0.25, 0.3) is 0 Å². The molecule has 2 amide bonds. The Balaban J connectivity index is 2.91. The van der Waals surface area contributed by atoms with Crippen LogP contribution in [0.3, 0.4) is 0 Å². The van der Waals surface area contributed by atoms with Crippen LogP contribution in [-0.4, -0.2) is 23.8 Å². The van der Waals surface area contributed by atoms with Crippen LogP contribution in [-0.2, 0) is 16.1 Å². The second kappa shape index (κ2) is 5.87. The lowest BCUT2D eigenvalue weighted by Gasteiger charge is -2.21. The molecule has 0 heterocycles. The van der Waals surface area contributed by atoms with E-state index in [1.807, 2.05) is 45.0 Å². The number of nitrogens with one attached hydrogen (secondary N) is 1. The maximum atomic E-state index is 12.0. The molecule has 0 radical (unpaired) electrons. The molecule has 0 aliphatic carbocycles. The fourth-order valence-corrected chi connectivity index (χ4v) is 1.46. The second-order valence-electron chi connectivity index (χ2n) is 5.74. The quantitative estimate of drug-likeness (QED) is 0.910. The summed E-state index contributed by atoms with van der Waals surface area (Å²) in [5, 5.41) is 2.92. The highest BCUT2D eigenvalue weighted by Crippen LogP contribution is 2.21. The number of carbonyl (C=O) groups is 2. The average Bonchev–Trinajstić information content (AvgIpc) is 2.30. The molecule has 19 heavy (non-hydrogen) atoms. The van der Waals surface area contributed by atoms with Crippen molar-refractivity contribution >= 4 is 17.5 Å². The minimum atomic E-state index is -0.445. The van der Waals surface area contributed by atoms with Crippen LogP contribution in [0, 0.1) is 5.41 Å². The molecule has 0 unspecified atom stereocenters. The minimum Gasteiger partial charge on any atom is -0.342 e. The van der Waals surface area contributed by atoms with Gasteiger partial charge < -0.3 is 10.2 Å². The lowest BCUT2D eigenvalue weighted by Crippen LogP contribution is -2.29. The van der Waals surface area contributed by atoms with Gasteiger partial charge in [-0.2, -0.15) is 0 Å². The fourth-order valence-electron chi connectivity index (χ4n) is 1.46. The summed E-state index contributed by atoms with van der Waals surface area (Å²) in [6, 6.07) is 7.54. The molecule has 0 atom stereocenters. The summed E-state index contributed by atoms with van der Waals surface area (Å²) in [6.07, 6.45) is 0. The molecule has 0 aliphatic rings. The van der Waals surface area contributed by atoms with Crippen LogP contribution in [0.5, 0.6) is 0 Å². The molecular formula is C15H22N2O2. The molecule has 1 rings (SSSR count). The SMILES string of the molecule is CC(=O)N(C)Cc1ccccc1NC(=O)C(C)(C)C. The van der Waals surface area contributed by atoms with Crippen LogP contribution in [0.4, 0.5) is 5.69 Å². The molecule has 0 fully saturated rings. The average molecular weight is 262 g/mol. The van der Waals surface area contributed by atoms with Crippen LogP contribution in [0.15, 0.2) is 24.3 Å². The highest BCUT2D eigenvalue weighted by atomic mass is 16.2. The standard InChI is InChI=1S/C15H22N2O2/c1-11(18)17(5)10-12-8-6-7-9-13(12)16-14(19)15(2,3)4/h6-9H,10H2,1-5H3,(H,16,19). The first kappa shape index (κ1) is 15.2. The van der Waals surface area contributed by atoms with Crippen molar-refractivity contribution in [3.63, 3.8) is 0 Å². The van der Waals surface area contributed by atoms with Crippen molar-refractivity contribution in [2.24, 2.45) is 5.41 Å². The van der Waals surface area contributed by atoms with Gasteiger partial charge in [-0.05, 0) is 11.6 Å². The van der Waals surface area contributed by atoms with Crippen molar-refractivity contribution in [1.29, 1.82) is 0 Å². The van der Waals surface area contributed by atoms with Crippen LogP contribution in [0.2, 0.25) is 0 Å². The summed E-state index contributed by atoms with van der Waals surface area (Å²) in [4.78, 5) is 24.9. The highest BCUT2D eigenvalue weighted by molar-refractivity contribution is 5.95. The van der Waals surface area contributed by atoms with E-state index in [9.17, 15) is 9.59 Å². The van der Waals surface area contributed by atoms with E-state index in [1.165, 1.54) is 6.92 Å². The molecule has 0 saturated carbocycles. The third-order valence-electron chi connectivity index (χ3n) is 2.89. The highest BCUT2D eigenvalue weighted by Gasteiger charge is 2.22. The topological polar surface area (TPSA) is 49.4 Å². The molecule has 1 aromatic rings. The molecule has 0 aromatic heterocycles. The van der Waals surface area contributed by atoms with Gasteiger partial charge in [-0.3, -0.25) is 9.59 Å². The Labute approximate surface area is 114 Å². The monoisotopic (exact) mass is 262 g/mol. The van der Waals surface area contributed by atoms with E-state index in [1.54, 1.807) is 11.9 Å². The second-order valence-corrected chi connectivity index (χ2v) is 5.74. The minimum absolute atomic E-state index is 0.00282. The van der Waals surface area contributed by atoms with Crippen molar-refractivity contribution in [3.05, 3.63) is 29.8 Å². The van der Waals surface area contributed by atoms with Crippen molar-refractivity contribution in [2.75, 3.05) is 12.4 Å². The summed E-state index contributed by atoms with van der Waals surface area (Å²) in [6.45, 7) is 7.61. The molecule has 0 spiro atoms. The van der Waals surface area contributed by atoms with E-state index < -0.39 is 5.41 Å². The van der Waals surface area contributed by atoms with Gasteiger partial charge in [0.15, 0.2) is 0 Å². The third-order valence-corrected chi connectivity index (χ3v) is 2.89. The number of benzene rings is 1. The number of rotatable bonds is 3. The summed E-state index contributed by atoms with van der Waals surface area (Å²) in [7, 11) is 1.74. The first-order valence-corrected chi connectivity index (χ1v) is 6.33. The van der Waals surface area contributed by atoms with Crippen molar-refractivity contribution in [1.82, 2.24) is 4.90 Å². The van der Waals surface area contributed by atoms with E-state index in [4.69, 9.17) is 0 Å². The van der Waals surface area contributed by atoms with Gasteiger partial charge >= 0.3 is 0 Å². The number of para-hydroxylation sites is 1. The third kappa shape index (κ3) is 4.39. The molecular weight excluding hydrogens is 240 g/mol. The Hall–Kier alpha value is -1.84. The maximum Gasteiger partial charge on any atom is 0.229 e. The smallest absolute Gasteiger partial charge is 0.229 e. The van der Waals surface area contributed by atoms with Crippen molar-refractivity contribution in [3.8, 4) is 0 Å². The Morgan fingerprint density at radius 1 is 1.21 bits per heavy atom. The zero-order valence-corrected chi connectivity index (χ0v) is 12.3. The predicted molar refractivity (Wildman–Crippen MR) is 76.7 cm³/mol. The van der Waals surface area contributed by atoms with Gasteiger partial charge in [0.05, 0.1) is 0 Å². The van der Waals surface area contributed by atoms with Crippen LogP contribution < -0.4 is 5.32 Å². The molecule has 1 aromatic carbocycles. The molecule has 0 saturated heterocycles. The molecule has 0 aliphatic heterocycles. The lowest BCUT2D eigenvalue weighted by atomic mass is 9.95. The molecule has 4 nitrogen and oxygen atoms in total. The zero-order valence-electron chi connectivity index (χ0n) is 12.3. The van der Waals surface area contributed by atoms with Gasteiger partial charge in [0.1, 0.15) is 0 Å². The first-order valence-electron chi connectivity index (χ1n) is 6.33. The maximum absolute atomic E-state index is 12.0. The van der Waals surface area contributed by atoms with Gasteiger partial charge in [-0.25, -0.2) is 0 Å². The van der Waals surface area contributed by atoms with E-state index in [0.29, 0.717) is 6.54 Å². The van der Waals surface area contributed by atoms with Gasteiger partial charge in [-0.15, -0.1) is 0 Å². The van der Waals surface area contributed by atoms with Crippen molar-refractivity contribution in [2.45, 2.75) is 34.2 Å². The van der Waals surface area contributed by atoms with Crippen molar-refractivity contribution < 1.29 is 9.59 Å². The number of anilines is 1. The largest absolute Gasteiger partial charge is 0.342 e. The molecule has 0 bridgehead atoms. The van der Waals surface area contributed by atoms with E-state index in [0.717, 1.165) is 11.3 Å². The Kier molecular flexibility index (Phi) is 4.70. The summed E-state index contributed by atoms with van der Waals surface area (Å²) in [5.74, 6) is -0.0395. The van der Waals surface area contributed by atoms with Gasteiger partial charge in [0, 0.05) is 31.6 Å². The number of hydrogen-bond acceptors (Lipinski definition) is 2. The van der Waals surface area contributed by atoms with E-state index >= 15 is 0 Å². The summed E-state index contributed by atoms with van der Waals surface area (Å²) < 4.78 is 0. The number of carbonyl (C=O) groups excluding carboxylic acids is 2. The van der Waals surface area contributed by atoms with E-state index in [2.05, 4.69) is 5.32 Å². The summed E-state index contributed by atoms with van der Waals surface area (Å²) in [5.41, 5.74) is 1.24. The number of nitrogens with zero attached hydrogens (tertiary/aromatic N) is 1. The predicted octanol–water partition coefficient (Wildman–Crippen LogP) is 2.65. The van der Waals surface area contributed by atoms with Gasteiger partial charge in [0.2, 0.25) is 11.8 Å². The Bertz CT molecular complexity index is 475. The number of amides is 2. The Morgan fingerprint density at radius 3 is 2.32 bits per heavy atom. The van der Waals surface area contributed by atoms with Crippen LogP contribution in [0.1, 0.15) is 33.3 Å². The molecule has 104 valence electrons. The van der Waals surface area contributed by atoms with Gasteiger partial charge in [0.25, 0.3) is 0 Å². The summed E-state index contributed by atoms with van der Waals surface area (Å²) >= 11 is 0. The van der Waals surface area contributed by atoms with Crippen LogP contribution >= 0.6 is 0 Å². The fraction of sp³-hybridized carbons (Fsp3) is 0.467. The van der Waals surface area contributed by atoms with Gasteiger partial charge in [-0.1, -0.05) is 39.0 Å². The molecule has 1 N–H and O–H groups in total.